The Morgan fingerprint density at radius 3 is 2.55 bits per heavy atom. The SMILES string of the molecule is Cc1ccc(S(N)(=O)=O)c(NCC2(O)CC3CCC(C3)C2)c1. The molecule has 0 amide bonds. The van der Waals surface area contributed by atoms with Gasteiger partial charge < -0.3 is 10.4 Å². The lowest BCUT2D eigenvalue weighted by molar-refractivity contribution is -0.00852. The van der Waals surface area contributed by atoms with Crippen LogP contribution in [0.4, 0.5) is 5.69 Å². The van der Waals surface area contributed by atoms with Gasteiger partial charge in [-0.2, -0.15) is 0 Å². The molecule has 2 bridgehead atoms. The first-order valence-electron chi connectivity index (χ1n) is 7.85. The molecule has 2 fully saturated rings. The van der Waals surface area contributed by atoms with Crippen molar-refractivity contribution in [3.8, 4) is 0 Å². The highest BCUT2D eigenvalue weighted by molar-refractivity contribution is 7.89. The second-order valence-electron chi connectivity index (χ2n) is 7.08. The van der Waals surface area contributed by atoms with Gasteiger partial charge in [0.2, 0.25) is 10.0 Å². The van der Waals surface area contributed by atoms with E-state index in [9.17, 15) is 13.5 Å². The van der Waals surface area contributed by atoms with Crippen molar-refractivity contribution in [2.45, 2.75) is 49.5 Å². The molecule has 1 aromatic rings. The third-order valence-electron chi connectivity index (χ3n) is 5.04. The lowest BCUT2D eigenvalue weighted by Gasteiger charge is -2.36. The van der Waals surface area contributed by atoms with Crippen molar-refractivity contribution in [2.75, 3.05) is 11.9 Å². The summed E-state index contributed by atoms with van der Waals surface area (Å²) in [7, 11) is -3.78. The predicted octanol–water partition coefficient (Wildman–Crippen LogP) is 2.00. The molecule has 2 aliphatic rings. The van der Waals surface area contributed by atoms with Crippen molar-refractivity contribution in [1.29, 1.82) is 0 Å². The Balaban J connectivity index is 1.78. The Labute approximate surface area is 132 Å². The van der Waals surface area contributed by atoms with Gasteiger partial charge in [0.25, 0.3) is 0 Å². The summed E-state index contributed by atoms with van der Waals surface area (Å²) in [6.07, 6.45) is 5.24. The van der Waals surface area contributed by atoms with Crippen LogP contribution in [0.15, 0.2) is 23.1 Å². The van der Waals surface area contributed by atoms with Crippen LogP contribution in [-0.4, -0.2) is 25.7 Å². The lowest BCUT2D eigenvalue weighted by atomic mass is 9.77. The van der Waals surface area contributed by atoms with Gasteiger partial charge in [0, 0.05) is 6.54 Å². The van der Waals surface area contributed by atoms with Gasteiger partial charge in [0.1, 0.15) is 4.90 Å². The molecule has 5 nitrogen and oxygen atoms in total. The van der Waals surface area contributed by atoms with Crippen LogP contribution in [0.1, 0.15) is 37.7 Å². The van der Waals surface area contributed by atoms with Gasteiger partial charge >= 0.3 is 0 Å². The number of sulfonamides is 1. The maximum Gasteiger partial charge on any atom is 0.240 e. The molecular formula is C16H24N2O3S. The quantitative estimate of drug-likeness (QED) is 0.790. The number of rotatable bonds is 4. The van der Waals surface area contributed by atoms with E-state index in [1.807, 2.05) is 6.92 Å². The van der Waals surface area contributed by atoms with E-state index in [0.29, 0.717) is 24.1 Å². The average Bonchev–Trinajstić information content (AvgIpc) is 2.75. The maximum absolute atomic E-state index is 11.7. The summed E-state index contributed by atoms with van der Waals surface area (Å²) in [5.41, 5.74) is 0.683. The Morgan fingerprint density at radius 2 is 1.95 bits per heavy atom. The molecule has 2 aliphatic carbocycles. The van der Waals surface area contributed by atoms with Crippen LogP contribution in [0, 0.1) is 18.8 Å². The number of aliphatic hydroxyl groups is 1. The fraction of sp³-hybridized carbons (Fsp3) is 0.625. The molecule has 22 heavy (non-hydrogen) atoms. The highest BCUT2D eigenvalue weighted by atomic mass is 32.2. The van der Waals surface area contributed by atoms with Gasteiger partial charge in [-0.1, -0.05) is 18.9 Å². The number of hydrogen-bond donors (Lipinski definition) is 3. The fourth-order valence-corrected chi connectivity index (χ4v) is 4.84. The molecule has 0 aromatic heterocycles. The zero-order valence-electron chi connectivity index (χ0n) is 12.9. The number of hydrogen-bond acceptors (Lipinski definition) is 4. The molecule has 0 aliphatic heterocycles. The summed E-state index contributed by atoms with van der Waals surface area (Å²) < 4.78 is 23.4. The van der Waals surface area contributed by atoms with Crippen LogP contribution >= 0.6 is 0 Å². The second kappa shape index (κ2) is 5.51. The molecule has 1 aromatic carbocycles. The summed E-state index contributed by atoms with van der Waals surface area (Å²) in [6, 6.07) is 5.00. The Morgan fingerprint density at radius 1 is 1.32 bits per heavy atom. The molecule has 2 saturated carbocycles. The minimum absolute atomic E-state index is 0.0838. The minimum Gasteiger partial charge on any atom is -0.388 e. The van der Waals surface area contributed by atoms with E-state index >= 15 is 0 Å². The van der Waals surface area contributed by atoms with Crippen LogP contribution in [0.3, 0.4) is 0 Å². The van der Waals surface area contributed by atoms with Gasteiger partial charge in [-0.25, -0.2) is 13.6 Å². The molecule has 4 N–H and O–H groups in total. The normalized spacial score (nSPS) is 31.2. The van der Waals surface area contributed by atoms with Crippen molar-refractivity contribution in [3.63, 3.8) is 0 Å². The monoisotopic (exact) mass is 324 g/mol. The van der Waals surface area contributed by atoms with Crippen molar-refractivity contribution in [2.24, 2.45) is 17.0 Å². The summed E-state index contributed by atoms with van der Waals surface area (Å²) in [6.45, 7) is 2.26. The van der Waals surface area contributed by atoms with Gasteiger partial charge in [0.15, 0.2) is 0 Å². The summed E-state index contributed by atoms with van der Waals surface area (Å²) in [5, 5.41) is 19.2. The number of aryl methyl sites for hydroxylation is 1. The fourth-order valence-electron chi connectivity index (χ4n) is 4.14. The third kappa shape index (κ3) is 3.29. The van der Waals surface area contributed by atoms with Gasteiger partial charge in [-0.05, 0) is 55.7 Å². The first-order chi connectivity index (χ1) is 10.3. The standard InChI is InChI=1S/C16H24N2O3S/c1-11-2-5-15(22(17,20)21)14(6-11)18-10-16(19)8-12-3-4-13(7-12)9-16/h2,5-6,12-13,18-19H,3-4,7-10H2,1H3,(H2,17,20,21). The zero-order chi connectivity index (χ0) is 16.0. The number of fused-ring (bicyclic) bond motifs is 2. The summed E-state index contributed by atoms with van der Waals surface area (Å²) in [5.74, 6) is 1.22. The second-order valence-corrected chi connectivity index (χ2v) is 8.61. The number of nitrogens with one attached hydrogen (secondary N) is 1. The molecular weight excluding hydrogens is 300 g/mol. The topological polar surface area (TPSA) is 92.4 Å². The largest absolute Gasteiger partial charge is 0.388 e. The third-order valence-corrected chi connectivity index (χ3v) is 6.01. The van der Waals surface area contributed by atoms with Crippen LogP contribution in [0.5, 0.6) is 0 Å². The van der Waals surface area contributed by atoms with E-state index in [1.54, 1.807) is 12.1 Å². The van der Waals surface area contributed by atoms with Gasteiger partial charge in [-0.3, -0.25) is 0 Å². The van der Waals surface area contributed by atoms with Crippen LogP contribution in [0.25, 0.3) is 0 Å². The Kier molecular flexibility index (Phi) is 3.95. The van der Waals surface area contributed by atoms with Crippen molar-refractivity contribution >= 4 is 15.7 Å². The van der Waals surface area contributed by atoms with Gasteiger partial charge in [0.05, 0.1) is 11.3 Å². The Hall–Kier alpha value is -1.11. The molecule has 2 atom stereocenters. The maximum atomic E-state index is 11.7. The molecule has 6 heteroatoms. The molecule has 122 valence electrons. The van der Waals surface area contributed by atoms with Crippen LogP contribution in [0.2, 0.25) is 0 Å². The first-order valence-corrected chi connectivity index (χ1v) is 9.39. The highest BCUT2D eigenvalue weighted by Crippen LogP contribution is 2.46. The number of anilines is 1. The highest BCUT2D eigenvalue weighted by Gasteiger charge is 2.42. The Bertz CT molecular complexity index is 660. The van der Waals surface area contributed by atoms with Crippen LogP contribution < -0.4 is 10.5 Å². The smallest absolute Gasteiger partial charge is 0.240 e. The molecule has 3 rings (SSSR count). The van der Waals surface area contributed by atoms with Crippen molar-refractivity contribution < 1.29 is 13.5 Å². The number of benzene rings is 1. The zero-order valence-corrected chi connectivity index (χ0v) is 13.7. The minimum atomic E-state index is -3.78. The number of nitrogens with two attached hydrogens (primary N) is 1. The molecule has 0 spiro atoms. The van der Waals surface area contributed by atoms with E-state index in [4.69, 9.17) is 5.14 Å². The van der Waals surface area contributed by atoms with Crippen molar-refractivity contribution in [3.05, 3.63) is 23.8 Å². The number of primary sulfonamides is 1. The van der Waals surface area contributed by atoms with E-state index in [-0.39, 0.29) is 4.90 Å². The molecule has 0 saturated heterocycles. The lowest BCUT2D eigenvalue weighted by Crippen LogP contribution is -2.42. The van der Waals surface area contributed by atoms with Gasteiger partial charge in [-0.15, -0.1) is 0 Å². The summed E-state index contributed by atoms with van der Waals surface area (Å²) in [4.78, 5) is 0.0838. The summed E-state index contributed by atoms with van der Waals surface area (Å²) >= 11 is 0. The molecule has 0 radical (unpaired) electrons. The van der Waals surface area contributed by atoms with E-state index in [2.05, 4.69) is 5.32 Å². The average molecular weight is 324 g/mol. The van der Waals surface area contributed by atoms with Crippen molar-refractivity contribution in [1.82, 2.24) is 0 Å². The van der Waals surface area contributed by atoms with E-state index in [0.717, 1.165) is 18.4 Å². The van der Waals surface area contributed by atoms with E-state index < -0.39 is 15.6 Å². The molecule has 0 heterocycles. The molecule has 2 unspecified atom stereocenters. The predicted molar refractivity (Wildman–Crippen MR) is 86.1 cm³/mol. The van der Waals surface area contributed by atoms with E-state index in [1.165, 1.54) is 25.3 Å². The van der Waals surface area contributed by atoms with Crippen LogP contribution in [-0.2, 0) is 10.0 Å². The first kappa shape index (κ1) is 15.8.